The number of benzene rings is 2. The van der Waals surface area contributed by atoms with Gasteiger partial charge in [0.25, 0.3) is 0 Å². The summed E-state index contributed by atoms with van der Waals surface area (Å²) in [7, 11) is 0. The summed E-state index contributed by atoms with van der Waals surface area (Å²) in [5.74, 6) is -0.756. The first-order chi connectivity index (χ1) is 19.9. The predicted molar refractivity (Wildman–Crippen MR) is 163 cm³/mol. The Hall–Kier alpha value is -2.76. The SMILES string of the molecule is CC(=O)[C@@]1(Cc2ccccc2)CC[C@H]2[C@@H]3CC=C4CC(O)(OC(C(=O)O)c5ccc(C)cc5)CC[C@]4(C)[C@H]3CC[C@@]21C. The molecular formula is C37H46O5. The van der Waals surface area contributed by atoms with E-state index in [9.17, 15) is 19.8 Å². The topological polar surface area (TPSA) is 83.8 Å². The molecule has 3 fully saturated rings. The zero-order valence-corrected chi connectivity index (χ0v) is 25.6. The summed E-state index contributed by atoms with van der Waals surface area (Å²) in [5, 5.41) is 21.6. The van der Waals surface area contributed by atoms with Crippen molar-refractivity contribution in [2.45, 2.75) is 97.4 Å². The van der Waals surface area contributed by atoms with Crippen molar-refractivity contribution in [3.63, 3.8) is 0 Å². The molecule has 5 nitrogen and oxygen atoms in total. The van der Waals surface area contributed by atoms with E-state index in [1.54, 1.807) is 12.1 Å². The number of carboxylic acids is 1. The second kappa shape index (κ2) is 10.4. The number of carbonyl (C=O) groups excluding carboxylic acids is 1. The van der Waals surface area contributed by atoms with Crippen LogP contribution in [0.3, 0.4) is 0 Å². The lowest BCUT2D eigenvalue weighted by atomic mass is 9.44. The molecule has 0 aromatic heterocycles. The summed E-state index contributed by atoms with van der Waals surface area (Å²) < 4.78 is 6.07. The fourth-order valence-electron chi connectivity index (χ4n) is 10.0. The first-order valence-electron chi connectivity index (χ1n) is 15.8. The van der Waals surface area contributed by atoms with E-state index in [4.69, 9.17) is 4.74 Å². The van der Waals surface area contributed by atoms with Gasteiger partial charge in [-0.1, -0.05) is 85.7 Å². The maximum absolute atomic E-state index is 13.5. The zero-order chi connectivity index (χ0) is 29.9. The molecule has 0 bridgehead atoms. The molecule has 0 aliphatic heterocycles. The van der Waals surface area contributed by atoms with Crippen LogP contribution in [0.5, 0.6) is 0 Å². The van der Waals surface area contributed by atoms with Crippen LogP contribution in [-0.2, 0) is 20.7 Å². The van der Waals surface area contributed by atoms with E-state index >= 15 is 0 Å². The molecule has 0 saturated heterocycles. The number of ether oxygens (including phenoxy) is 1. The number of hydrogen-bond donors (Lipinski definition) is 2. The maximum Gasteiger partial charge on any atom is 0.337 e. The molecule has 4 aliphatic rings. The van der Waals surface area contributed by atoms with Crippen LogP contribution in [-0.4, -0.2) is 27.8 Å². The van der Waals surface area contributed by atoms with E-state index in [2.05, 4.69) is 44.2 Å². The number of carboxylic acid groups (broad SMARTS) is 1. The molecule has 0 heterocycles. The molecule has 3 saturated carbocycles. The average molecular weight is 571 g/mol. The molecule has 2 unspecified atom stereocenters. The highest BCUT2D eigenvalue weighted by Crippen LogP contribution is 2.70. The van der Waals surface area contributed by atoms with E-state index in [-0.39, 0.29) is 16.2 Å². The van der Waals surface area contributed by atoms with E-state index in [0.717, 1.165) is 50.5 Å². The summed E-state index contributed by atoms with van der Waals surface area (Å²) in [6.45, 7) is 8.56. The van der Waals surface area contributed by atoms with Gasteiger partial charge in [-0.15, -0.1) is 0 Å². The van der Waals surface area contributed by atoms with Gasteiger partial charge in [-0.3, -0.25) is 4.79 Å². The van der Waals surface area contributed by atoms with Gasteiger partial charge in [0.2, 0.25) is 0 Å². The van der Waals surface area contributed by atoms with Crippen LogP contribution in [0.4, 0.5) is 0 Å². The van der Waals surface area contributed by atoms with Crippen molar-refractivity contribution < 1.29 is 24.5 Å². The van der Waals surface area contributed by atoms with Gasteiger partial charge in [0.05, 0.1) is 0 Å². The van der Waals surface area contributed by atoms with Gasteiger partial charge >= 0.3 is 5.97 Å². The number of Topliss-reactive ketones (excluding diaryl/α,β-unsaturated/α-hetero) is 1. The van der Waals surface area contributed by atoms with Crippen LogP contribution in [0.1, 0.15) is 94.9 Å². The number of rotatable bonds is 7. The fraction of sp³-hybridized carbons (Fsp3) is 0.568. The number of aryl methyl sites for hydroxylation is 1. The average Bonchev–Trinajstić information content (AvgIpc) is 3.26. The maximum atomic E-state index is 13.5. The van der Waals surface area contributed by atoms with Crippen molar-refractivity contribution in [3.05, 3.63) is 82.9 Å². The van der Waals surface area contributed by atoms with E-state index in [0.29, 0.717) is 41.9 Å². The van der Waals surface area contributed by atoms with Crippen molar-refractivity contribution in [3.8, 4) is 0 Å². The summed E-state index contributed by atoms with van der Waals surface area (Å²) >= 11 is 0. The Bertz CT molecular complexity index is 1380. The summed E-state index contributed by atoms with van der Waals surface area (Å²) in [5.41, 5.74) is 3.66. The van der Waals surface area contributed by atoms with Crippen molar-refractivity contribution >= 4 is 11.8 Å². The minimum atomic E-state index is -1.51. The van der Waals surface area contributed by atoms with E-state index < -0.39 is 17.9 Å². The third-order valence-electron chi connectivity index (χ3n) is 12.5. The number of aliphatic carboxylic acids is 1. The van der Waals surface area contributed by atoms with Gasteiger partial charge < -0.3 is 14.9 Å². The lowest BCUT2D eigenvalue weighted by Crippen LogP contribution is -2.55. The highest BCUT2D eigenvalue weighted by molar-refractivity contribution is 5.84. The quantitative estimate of drug-likeness (QED) is 0.264. The Morgan fingerprint density at radius 2 is 1.64 bits per heavy atom. The Balaban J connectivity index is 1.25. The highest BCUT2D eigenvalue weighted by atomic mass is 16.6. The normalized spacial score (nSPS) is 38.0. The molecule has 2 aromatic rings. The summed E-state index contributed by atoms with van der Waals surface area (Å²) in [6.07, 6.45) is 8.59. The third kappa shape index (κ3) is 4.59. The number of ketones is 1. The smallest absolute Gasteiger partial charge is 0.337 e. The van der Waals surface area contributed by atoms with Crippen molar-refractivity contribution in [1.29, 1.82) is 0 Å². The van der Waals surface area contributed by atoms with Crippen molar-refractivity contribution in [2.24, 2.45) is 34.0 Å². The molecular weight excluding hydrogens is 524 g/mol. The highest BCUT2D eigenvalue weighted by Gasteiger charge is 2.65. The van der Waals surface area contributed by atoms with Crippen molar-refractivity contribution in [1.82, 2.24) is 0 Å². The number of fused-ring (bicyclic) bond motifs is 5. The number of carbonyl (C=O) groups is 2. The molecule has 8 atom stereocenters. The zero-order valence-electron chi connectivity index (χ0n) is 25.6. The second-order valence-electron chi connectivity index (χ2n) is 14.4. The van der Waals surface area contributed by atoms with E-state index in [1.807, 2.05) is 32.0 Å². The first kappa shape index (κ1) is 29.3. The molecule has 0 spiro atoms. The molecule has 2 N–H and O–H groups in total. The third-order valence-corrected chi connectivity index (χ3v) is 12.5. The Morgan fingerprint density at radius 1 is 0.952 bits per heavy atom. The molecule has 2 aromatic carbocycles. The summed E-state index contributed by atoms with van der Waals surface area (Å²) in [6, 6.07) is 17.8. The summed E-state index contributed by atoms with van der Waals surface area (Å²) in [4.78, 5) is 25.7. The number of allylic oxidation sites excluding steroid dienone is 1. The van der Waals surface area contributed by atoms with Crippen LogP contribution in [0, 0.1) is 40.9 Å². The Labute approximate surface area is 250 Å². The van der Waals surface area contributed by atoms with Crippen LogP contribution >= 0.6 is 0 Å². The van der Waals surface area contributed by atoms with Gasteiger partial charge in [0.15, 0.2) is 11.9 Å². The second-order valence-corrected chi connectivity index (χ2v) is 14.4. The molecule has 42 heavy (non-hydrogen) atoms. The molecule has 224 valence electrons. The van der Waals surface area contributed by atoms with Crippen molar-refractivity contribution in [2.75, 3.05) is 0 Å². The van der Waals surface area contributed by atoms with Gasteiger partial charge in [0.1, 0.15) is 5.78 Å². The van der Waals surface area contributed by atoms with Gasteiger partial charge in [0, 0.05) is 18.3 Å². The molecule has 0 amide bonds. The van der Waals surface area contributed by atoms with E-state index in [1.165, 1.54) is 11.1 Å². The van der Waals surface area contributed by atoms with Gasteiger partial charge in [-0.05, 0) is 98.5 Å². The molecule has 0 radical (unpaired) electrons. The molecule has 5 heteroatoms. The minimum absolute atomic E-state index is 0.0290. The van der Waals surface area contributed by atoms with Crippen LogP contribution in [0.2, 0.25) is 0 Å². The monoisotopic (exact) mass is 570 g/mol. The van der Waals surface area contributed by atoms with Gasteiger partial charge in [-0.25, -0.2) is 4.79 Å². The van der Waals surface area contributed by atoms with Crippen LogP contribution in [0.25, 0.3) is 0 Å². The number of hydrogen-bond acceptors (Lipinski definition) is 4. The molecule has 4 aliphatic carbocycles. The largest absolute Gasteiger partial charge is 0.479 e. The van der Waals surface area contributed by atoms with Crippen LogP contribution < -0.4 is 0 Å². The minimum Gasteiger partial charge on any atom is -0.479 e. The Morgan fingerprint density at radius 3 is 2.31 bits per heavy atom. The van der Waals surface area contributed by atoms with Crippen LogP contribution in [0.15, 0.2) is 66.2 Å². The molecule has 6 rings (SSSR count). The predicted octanol–water partition coefficient (Wildman–Crippen LogP) is 7.61. The number of aliphatic hydroxyl groups is 1. The Kier molecular flexibility index (Phi) is 7.29. The lowest BCUT2D eigenvalue weighted by Gasteiger charge is -2.60. The standard InChI is InChI=1S/C37H46O5/c1-24-10-12-27(13-11-24)32(33(39)40)42-37(41)21-20-34(3)28(23-37)14-15-29-30(34)16-18-35(4)31(29)17-19-36(35,25(2)38)22-26-8-6-5-7-9-26/h5-14,29-32,41H,15-23H2,1-4H3,(H,39,40)/t29-,30+,31+,32?,34+,35+,36+,37?/m1/s1. The van der Waals surface area contributed by atoms with Gasteiger partial charge in [-0.2, -0.15) is 0 Å². The first-order valence-corrected chi connectivity index (χ1v) is 15.8. The fourth-order valence-corrected chi connectivity index (χ4v) is 10.0. The lowest BCUT2D eigenvalue weighted by molar-refractivity contribution is -0.252.